The molecule has 2 rings (SSSR count). The Morgan fingerprint density at radius 1 is 1.27 bits per heavy atom. The Bertz CT molecular complexity index is 826. The summed E-state index contributed by atoms with van der Waals surface area (Å²) >= 11 is 6.05. The normalized spacial score (nSPS) is 10.3. The van der Waals surface area contributed by atoms with Crippen LogP contribution in [0, 0.1) is 12.7 Å². The van der Waals surface area contributed by atoms with E-state index in [4.69, 9.17) is 16.3 Å². The molecule has 2 aromatic carbocycles. The largest absolute Gasteiger partial charge is 0.495 e. The van der Waals surface area contributed by atoms with Gasteiger partial charge in [-0.3, -0.25) is 9.59 Å². The molecule has 0 aromatic heterocycles. The molecule has 0 fully saturated rings. The quantitative estimate of drug-likeness (QED) is 0.820. The second-order valence-electron chi connectivity index (χ2n) is 5.75. The number of nitrogens with one attached hydrogen (secondary N) is 1. The zero-order chi connectivity index (χ0) is 19.3. The van der Waals surface area contributed by atoms with Crippen LogP contribution in [-0.4, -0.2) is 25.5 Å². The van der Waals surface area contributed by atoms with E-state index in [1.54, 1.807) is 18.2 Å². The number of carbonyl (C=O) groups is 2. The van der Waals surface area contributed by atoms with Crippen molar-refractivity contribution in [2.75, 3.05) is 23.9 Å². The Kier molecular flexibility index (Phi) is 6.58. The van der Waals surface area contributed by atoms with Crippen LogP contribution in [0.15, 0.2) is 36.4 Å². The predicted molar refractivity (Wildman–Crippen MR) is 100 cm³/mol. The van der Waals surface area contributed by atoms with Crippen LogP contribution in [0.5, 0.6) is 5.75 Å². The topological polar surface area (TPSA) is 58.6 Å². The number of carbonyl (C=O) groups excluding carboxylic acids is 2. The Hall–Kier alpha value is -2.60. The monoisotopic (exact) mass is 378 g/mol. The lowest BCUT2D eigenvalue weighted by atomic mass is 10.2. The molecule has 138 valence electrons. The Balaban J connectivity index is 2.07. The molecule has 5 nitrogen and oxygen atoms in total. The Morgan fingerprint density at radius 3 is 2.62 bits per heavy atom. The van der Waals surface area contributed by atoms with Gasteiger partial charge in [0, 0.05) is 36.7 Å². The lowest BCUT2D eigenvalue weighted by Gasteiger charge is -2.21. The fourth-order valence-electron chi connectivity index (χ4n) is 2.47. The third-order valence-electron chi connectivity index (χ3n) is 3.82. The van der Waals surface area contributed by atoms with Crippen LogP contribution in [0.2, 0.25) is 5.02 Å². The molecule has 0 aliphatic heterocycles. The number of anilines is 2. The second-order valence-corrected chi connectivity index (χ2v) is 6.16. The maximum absolute atomic E-state index is 13.4. The van der Waals surface area contributed by atoms with Gasteiger partial charge < -0.3 is 15.0 Å². The molecule has 7 heteroatoms. The molecular weight excluding hydrogens is 359 g/mol. The fraction of sp³-hybridized carbons (Fsp3) is 0.263. The van der Waals surface area contributed by atoms with E-state index in [1.165, 1.54) is 37.1 Å². The van der Waals surface area contributed by atoms with Gasteiger partial charge >= 0.3 is 0 Å². The molecule has 1 N–H and O–H groups in total. The summed E-state index contributed by atoms with van der Waals surface area (Å²) in [5.74, 6) is -0.571. The molecule has 0 spiro atoms. The first-order valence-corrected chi connectivity index (χ1v) is 8.37. The number of halogens is 2. The third-order valence-corrected chi connectivity index (χ3v) is 4.22. The van der Waals surface area contributed by atoms with Gasteiger partial charge in [0.15, 0.2) is 0 Å². The summed E-state index contributed by atoms with van der Waals surface area (Å²) in [7, 11) is 1.48. The molecule has 0 saturated carbocycles. The van der Waals surface area contributed by atoms with E-state index in [2.05, 4.69) is 5.32 Å². The smallest absolute Gasteiger partial charge is 0.226 e. The van der Waals surface area contributed by atoms with Crippen molar-refractivity contribution in [1.29, 1.82) is 0 Å². The van der Waals surface area contributed by atoms with Gasteiger partial charge in [-0.15, -0.1) is 0 Å². The van der Waals surface area contributed by atoms with Crippen LogP contribution in [0.4, 0.5) is 15.8 Å². The van der Waals surface area contributed by atoms with Crippen molar-refractivity contribution >= 4 is 34.8 Å². The lowest BCUT2D eigenvalue weighted by molar-refractivity contribution is -0.117. The number of aryl methyl sites for hydroxylation is 1. The van der Waals surface area contributed by atoms with E-state index in [1.807, 2.05) is 6.92 Å². The average molecular weight is 379 g/mol. The minimum Gasteiger partial charge on any atom is -0.495 e. The molecule has 0 aliphatic carbocycles. The maximum atomic E-state index is 13.4. The fourth-order valence-corrected chi connectivity index (χ4v) is 2.62. The van der Waals surface area contributed by atoms with Crippen LogP contribution in [-0.2, 0) is 9.59 Å². The number of hydrogen-bond donors (Lipinski definition) is 1. The van der Waals surface area contributed by atoms with Gasteiger partial charge in [-0.2, -0.15) is 0 Å². The van der Waals surface area contributed by atoms with E-state index in [9.17, 15) is 14.0 Å². The minimum absolute atomic E-state index is 0.0426. The van der Waals surface area contributed by atoms with Crippen molar-refractivity contribution in [3.05, 3.63) is 52.8 Å². The summed E-state index contributed by atoms with van der Waals surface area (Å²) in [6.45, 7) is 3.31. The average Bonchev–Trinajstić information content (AvgIpc) is 2.58. The first-order valence-electron chi connectivity index (χ1n) is 7.99. The zero-order valence-electron chi connectivity index (χ0n) is 14.8. The first-order chi connectivity index (χ1) is 12.3. The summed E-state index contributed by atoms with van der Waals surface area (Å²) in [4.78, 5) is 25.5. The van der Waals surface area contributed by atoms with E-state index in [-0.39, 0.29) is 24.8 Å². The summed E-state index contributed by atoms with van der Waals surface area (Å²) in [5, 5.41) is 3.29. The standard InChI is InChI=1S/C19H20ClFN2O3/c1-12-9-17(18(26-3)11-16(12)20)22-19(25)7-8-23(13(2)24)15-6-4-5-14(21)10-15/h4-6,9-11H,7-8H2,1-3H3,(H,22,25). The Labute approximate surface area is 156 Å². The molecular formula is C19H20ClFN2O3. The van der Waals surface area contributed by atoms with E-state index in [0.29, 0.717) is 22.1 Å². The summed E-state index contributed by atoms with van der Waals surface area (Å²) in [5.41, 5.74) is 1.71. The van der Waals surface area contributed by atoms with Crippen molar-refractivity contribution in [2.24, 2.45) is 0 Å². The highest BCUT2D eigenvalue weighted by Gasteiger charge is 2.15. The predicted octanol–water partition coefficient (Wildman–Crippen LogP) is 4.18. The lowest BCUT2D eigenvalue weighted by Crippen LogP contribution is -2.32. The molecule has 0 bridgehead atoms. The summed E-state index contributed by atoms with van der Waals surface area (Å²) in [6.07, 6.45) is 0.0426. The summed E-state index contributed by atoms with van der Waals surface area (Å²) < 4.78 is 18.6. The second kappa shape index (κ2) is 8.67. The zero-order valence-corrected chi connectivity index (χ0v) is 15.6. The van der Waals surface area contributed by atoms with Crippen molar-refractivity contribution < 1.29 is 18.7 Å². The number of rotatable bonds is 6. The van der Waals surface area contributed by atoms with Crippen molar-refractivity contribution in [3.63, 3.8) is 0 Å². The molecule has 0 atom stereocenters. The van der Waals surface area contributed by atoms with E-state index >= 15 is 0 Å². The number of benzene rings is 2. The number of amides is 2. The molecule has 0 heterocycles. The van der Waals surface area contributed by atoms with E-state index in [0.717, 1.165) is 5.56 Å². The van der Waals surface area contributed by atoms with Gasteiger partial charge in [-0.25, -0.2) is 4.39 Å². The van der Waals surface area contributed by atoms with Crippen LogP contribution in [0.3, 0.4) is 0 Å². The number of hydrogen-bond acceptors (Lipinski definition) is 3. The van der Waals surface area contributed by atoms with Crippen LogP contribution in [0.25, 0.3) is 0 Å². The third kappa shape index (κ3) is 4.95. The maximum Gasteiger partial charge on any atom is 0.226 e. The molecule has 0 radical (unpaired) electrons. The van der Waals surface area contributed by atoms with E-state index < -0.39 is 5.82 Å². The molecule has 0 unspecified atom stereocenters. The van der Waals surface area contributed by atoms with Crippen LogP contribution >= 0.6 is 11.6 Å². The molecule has 0 aliphatic rings. The van der Waals surface area contributed by atoms with Gasteiger partial charge in [0.05, 0.1) is 12.8 Å². The van der Waals surface area contributed by atoms with Gasteiger partial charge in [-0.05, 0) is 36.8 Å². The van der Waals surface area contributed by atoms with Crippen LogP contribution < -0.4 is 15.0 Å². The highest BCUT2D eigenvalue weighted by molar-refractivity contribution is 6.31. The number of ether oxygens (including phenoxy) is 1. The summed E-state index contributed by atoms with van der Waals surface area (Å²) in [6, 6.07) is 9.03. The Morgan fingerprint density at radius 2 is 2.00 bits per heavy atom. The molecule has 2 amide bonds. The highest BCUT2D eigenvalue weighted by Crippen LogP contribution is 2.31. The van der Waals surface area contributed by atoms with Gasteiger partial charge in [0.25, 0.3) is 0 Å². The van der Waals surface area contributed by atoms with Gasteiger partial charge in [-0.1, -0.05) is 17.7 Å². The SMILES string of the molecule is COc1cc(Cl)c(C)cc1NC(=O)CCN(C(C)=O)c1cccc(F)c1. The number of nitrogens with zero attached hydrogens (tertiary/aromatic N) is 1. The van der Waals surface area contributed by atoms with Gasteiger partial charge in [0.2, 0.25) is 11.8 Å². The van der Waals surface area contributed by atoms with Gasteiger partial charge in [0.1, 0.15) is 11.6 Å². The first kappa shape index (κ1) is 19.7. The highest BCUT2D eigenvalue weighted by atomic mass is 35.5. The number of methoxy groups -OCH3 is 1. The van der Waals surface area contributed by atoms with Crippen molar-refractivity contribution in [2.45, 2.75) is 20.3 Å². The van der Waals surface area contributed by atoms with Crippen LogP contribution in [0.1, 0.15) is 18.9 Å². The van der Waals surface area contributed by atoms with Crippen molar-refractivity contribution in [1.82, 2.24) is 0 Å². The minimum atomic E-state index is -0.445. The van der Waals surface area contributed by atoms with Crippen molar-refractivity contribution in [3.8, 4) is 5.75 Å². The molecule has 2 aromatic rings. The molecule has 26 heavy (non-hydrogen) atoms. The molecule has 0 saturated heterocycles.